The van der Waals surface area contributed by atoms with E-state index < -0.39 is 5.97 Å². The smallest absolute Gasteiger partial charge is 0.354 e. The Kier molecular flexibility index (Phi) is 7.99. The van der Waals surface area contributed by atoms with Crippen molar-refractivity contribution in [3.63, 3.8) is 0 Å². The molecule has 3 N–H and O–H groups in total. The van der Waals surface area contributed by atoms with Gasteiger partial charge in [0.2, 0.25) is 0 Å². The number of nitrogens with one attached hydrogen (secondary N) is 2. The van der Waals surface area contributed by atoms with Gasteiger partial charge < -0.3 is 25.5 Å². The van der Waals surface area contributed by atoms with Crippen molar-refractivity contribution < 1.29 is 14.6 Å². The Bertz CT molecular complexity index is 1440. The van der Waals surface area contributed by atoms with E-state index in [1.165, 1.54) is 5.56 Å². The van der Waals surface area contributed by atoms with Gasteiger partial charge in [-0.1, -0.05) is 60.7 Å². The first-order chi connectivity index (χ1) is 19.0. The van der Waals surface area contributed by atoms with E-state index in [1.807, 2.05) is 60.7 Å². The maximum Gasteiger partial charge on any atom is 0.354 e. The molecular weight excluding hydrogens is 488 g/mol. The molecule has 3 aromatic carbocycles. The number of carbonyl (C=O) groups is 1. The monoisotopic (exact) mass is 520 g/mol. The Morgan fingerprint density at radius 2 is 1.74 bits per heavy atom. The van der Waals surface area contributed by atoms with E-state index in [0.29, 0.717) is 29.3 Å². The first-order valence-corrected chi connectivity index (χ1v) is 13.1. The molecule has 1 atom stereocenters. The van der Waals surface area contributed by atoms with E-state index in [2.05, 4.69) is 39.5 Å². The summed E-state index contributed by atoms with van der Waals surface area (Å²) in [7, 11) is 0. The van der Waals surface area contributed by atoms with Crippen molar-refractivity contribution in [3.8, 4) is 11.1 Å². The lowest BCUT2D eigenvalue weighted by Gasteiger charge is -2.34. The number of para-hydroxylation sites is 1. The predicted octanol–water partition coefficient (Wildman–Crippen LogP) is 6.76. The Morgan fingerprint density at radius 3 is 2.41 bits per heavy atom. The SMILES string of the molecule is CC(=N)c1c(-c2ccc(N3CCCC(OCc4ccccc4)C3)cc2)cc(C(=O)O)nc1Nc1ccccc1. The number of anilines is 3. The van der Waals surface area contributed by atoms with E-state index in [4.69, 9.17) is 10.1 Å². The van der Waals surface area contributed by atoms with E-state index in [1.54, 1.807) is 13.0 Å². The highest BCUT2D eigenvalue weighted by molar-refractivity contribution is 6.08. The van der Waals surface area contributed by atoms with Gasteiger partial charge in [-0.2, -0.15) is 0 Å². The molecule has 7 heteroatoms. The minimum Gasteiger partial charge on any atom is -0.477 e. The fourth-order valence-corrected chi connectivity index (χ4v) is 4.96. The zero-order valence-electron chi connectivity index (χ0n) is 21.9. The number of carboxylic acids is 1. The summed E-state index contributed by atoms with van der Waals surface area (Å²) in [6.07, 6.45) is 2.25. The van der Waals surface area contributed by atoms with Gasteiger partial charge in [-0.25, -0.2) is 9.78 Å². The van der Waals surface area contributed by atoms with E-state index in [9.17, 15) is 9.90 Å². The second kappa shape index (κ2) is 11.9. The quantitative estimate of drug-likeness (QED) is 0.211. The van der Waals surface area contributed by atoms with Crippen LogP contribution in [0.4, 0.5) is 17.2 Å². The summed E-state index contributed by atoms with van der Waals surface area (Å²) >= 11 is 0. The average molecular weight is 521 g/mol. The molecule has 5 rings (SSSR count). The van der Waals surface area contributed by atoms with Gasteiger partial charge in [0.1, 0.15) is 5.82 Å². The van der Waals surface area contributed by atoms with Crippen LogP contribution in [0.2, 0.25) is 0 Å². The molecule has 0 saturated carbocycles. The fourth-order valence-electron chi connectivity index (χ4n) is 4.96. The molecule has 198 valence electrons. The molecule has 1 aliphatic heterocycles. The molecule has 1 aliphatic rings. The molecule has 2 heterocycles. The van der Waals surface area contributed by atoms with Gasteiger partial charge in [-0.3, -0.25) is 0 Å². The predicted molar refractivity (Wildman–Crippen MR) is 155 cm³/mol. The lowest BCUT2D eigenvalue weighted by Crippen LogP contribution is -2.39. The fraction of sp³-hybridized carbons (Fsp3) is 0.219. The topological polar surface area (TPSA) is 98.5 Å². The second-order valence-electron chi connectivity index (χ2n) is 9.75. The van der Waals surface area contributed by atoms with Crippen molar-refractivity contribution in [2.75, 3.05) is 23.3 Å². The largest absolute Gasteiger partial charge is 0.477 e. The van der Waals surface area contributed by atoms with Crippen molar-refractivity contribution in [2.24, 2.45) is 0 Å². The van der Waals surface area contributed by atoms with Crippen LogP contribution in [0, 0.1) is 5.41 Å². The third kappa shape index (κ3) is 6.33. The molecule has 4 aromatic rings. The number of ether oxygens (including phenoxy) is 1. The molecule has 0 aliphatic carbocycles. The lowest BCUT2D eigenvalue weighted by molar-refractivity contribution is 0.0316. The van der Waals surface area contributed by atoms with Crippen molar-refractivity contribution in [1.29, 1.82) is 5.41 Å². The van der Waals surface area contributed by atoms with Crippen LogP contribution in [0.5, 0.6) is 0 Å². The normalized spacial score (nSPS) is 15.1. The van der Waals surface area contributed by atoms with Gasteiger partial charge in [0.15, 0.2) is 5.69 Å². The van der Waals surface area contributed by atoms with Gasteiger partial charge in [0.05, 0.1) is 12.7 Å². The molecule has 7 nitrogen and oxygen atoms in total. The molecule has 1 unspecified atom stereocenters. The number of hydrogen-bond acceptors (Lipinski definition) is 6. The number of hydrogen-bond donors (Lipinski definition) is 3. The summed E-state index contributed by atoms with van der Waals surface area (Å²) < 4.78 is 6.22. The third-order valence-electron chi connectivity index (χ3n) is 6.90. The second-order valence-corrected chi connectivity index (χ2v) is 9.75. The average Bonchev–Trinajstić information content (AvgIpc) is 2.97. The van der Waals surface area contributed by atoms with Crippen molar-refractivity contribution in [2.45, 2.75) is 32.5 Å². The summed E-state index contributed by atoms with van der Waals surface area (Å²) in [4.78, 5) is 18.6. The lowest BCUT2D eigenvalue weighted by atomic mass is 9.96. The van der Waals surface area contributed by atoms with Crippen LogP contribution >= 0.6 is 0 Å². The van der Waals surface area contributed by atoms with Gasteiger partial charge in [0.25, 0.3) is 0 Å². The van der Waals surface area contributed by atoms with Crippen molar-refractivity contribution in [1.82, 2.24) is 4.98 Å². The van der Waals surface area contributed by atoms with Crippen LogP contribution in [0.3, 0.4) is 0 Å². The van der Waals surface area contributed by atoms with Gasteiger partial charge in [-0.15, -0.1) is 0 Å². The van der Waals surface area contributed by atoms with Crippen LogP contribution in [0.25, 0.3) is 11.1 Å². The van der Waals surface area contributed by atoms with Crippen molar-refractivity contribution in [3.05, 3.63) is 108 Å². The molecule has 0 amide bonds. The van der Waals surface area contributed by atoms with Crippen molar-refractivity contribution >= 4 is 28.9 Å². The molecule has 1 saturated heterocycles. The first-order valence-electron chi connectivity index (χ1n) is 13.1. The number of pyridine rings is 1. The molecule has 1 aromatic heterocycles. The number of piperidine rings is 1. The van der Waals surface area contributed by atoms with Crippen LogP contribution in [-0.4, -0.2) is 41.0 Å². The first kappa shape index (κ1) is 26.1. The van der Waals surface area contributed by atoms with Gasteiger partial charge in [0, 0.05) is 35.7 Å². The third-order valence-corrected chi connectivity index (χ3v) is 6.90. The summed E-state index contributed by atoms with van der Waals surface area (Å²) in [6.45, 7) is 4.08. The minimum absolute atomic E-state index is 0.0769. The zero-order chi connectivity index (χ0) is 27.2. The van der Waals surface area contributed by atoms with E-state index in [0.717, 1.165) is 42.9 Å². The Hall–Kier alpha value is -4.49. The number of nitrogens with zero attached hydrogens (tertiary/aromatic N) is 2. The number of benzene rings is 3. The zero-order valence-corrected chi connectivity index (χ0v) is 21.9. The maximum atomic E-state index is 11.9. The maximum absolute atomic E-state index is 11.9. The summed E-state index contributed by atoms with van der Waals surface area (Å²) in [6, 6.07) is 29.3. The Labute approximate surface area is 228 Å². The summed E-state index contributed by atoms with van der Waals surface area (Å²) in [5.41, 5.74) is 5.32. The van der Waals surface area contributed by atoms with Crippen LogP contribution < -0.4 is 10.2 Å². The number of rotatable bonds is 9. The molecule has 1 fully saturated rings. The van der Waals surface area contributed by atoms with Crippen LogP contribution in [-0.2, 0) is 11.3 Å². The minimum atomic E-state index is -1.12. The molecule has 0 spiro atoms. The molecule has 0 bridgehead atoms. The standard InChI is InChI=1S/C32H32N4O3/c1-22(33)30-28(19-29(32(37)38)35-31(30)34-25-11-6-3-7-12-25)24-14-16-26(17-15-24)36-18-8-13-27(20-36)39-21-23-9-4-2-5-10-23/h2-7,9-12,14-17,19,27,33H,8,13,18,20-21H2,1H3,(H,34,35)(H,37,38). The number of aromatic nitrogens is 1. The Balaban J connectivity index is 1.39. The highest BCUT2D eigenvalue weighted by atomic mass is 16.5. The van der Waals surface area contributed by atoms with Crippen LogP contribution in [0.15, 0.2) is 91.0 Å². The number of carboxylic acid groups (broad SMARTS) is 1. The summed E-state index contributed by atoms with van der Waals surface area (Å²) in [5.74, 6) is -0.768. The number of aromatic carboxylic acids is 1. The van der Waals surface area contributed by atoms with E-state index >= 15 is 0 Å². The highest BCUT2D eigenvalue weighted by Gasteiger charge is 2.22. The molecule has 0 radical (unpaired) electrons. The molecule has 39 heavy (non-hydrogen) atoms. The van der Waals surface area contributed by atoms with E-state index in [-0.39, 0.29) is 11.8 Å². The highest BCUT2D eigenvalue weighted by Crippen LogP contribution is 2.33. The summed E-state index contributed by atoms with van der Waals surface area (Å²) in [5, 5.41) is 21.5. The van der Waals surface area contributed by atoms with Crippen LogP contribution in [0.1, 0.15) is 41.4 Å². The van der Waals surface area contributed by atoms with Gasteiger partial charge in [-0.05, 0) is 66.8 Å². The molecular formula is C32H32N4O3. The van der Waals surface area contributed by atoms with Gasteiger partial charge >= 0.3 is 5.97 Å². The Morgan fingerprint density at radius 1 is 1.05 bits per heavy atom.